The Morgan fingerprint density at radius 2 is 1.75 bits per heavy atom. The second-order valence-electron chi connectivity index (χ2n) is 6.93. The van der Waals surface area contributed by atoms with E-state index in [0.29, 0.717) is 5.57 Å². The van der Waals surface area contributed by atoms with Crippen molar-refractivity contribution in [2.45, 2.75) is 41.5 Å². The van der Waals surface area contributed by atoms with Crippen molar-refractivity contribution in [3.63, 3.8) is 0 Å². The number of rotatable bonds is 8. The molecule has 1 N–H and O–H groups in total. The van der Waals surface area contributed by atoms with Crippen LogP contribution in [0, 0.1) is 5.92 Å². The van der Waals surface area contributed by atoms with Gasteiger partial charge in [0.25, 0.3) is 10.4 Å². The Labute approximate surface area is 203 Å². The topological polar surface area (TPSA) is 128 Å². The maximum Gasteiger partial charge on any atom is 0.357 e. The summed E-state index contributed by atoms with van der Waals surface area (Å²) in [7, 11) is 2.26. The molecule has 1 fully saturated rings. The van der Waals surface area contributed by atoms with Gasteiger partial charge in [0.05, 0.1) is 20.1 Å². The van der Waals surface area contributed by atoms with Crippen molar-refractivity contribution in [3.05, 3.63) is 11.3 Å². The fraction of sp³-hybridized carbons (Fsp3) is 0.611. The maximum atomic E-state index is 12.9. The minimum absolute atomic E-state index is 0.0969. The van der Waals surface area contributed by atoms with Crippen LogP contribution in [-0.4, -0.2) is 75.9 Å². The predicted molar refractivity (Wildman–Crippen MR) is 116 cm³/mol. The smallest absolute Gasteiger partial charge is 0.357 e. The fourth-order valence-electron chi connectivity index (χ4n) is 3.30. The highest BCUT2D eigenvalue weighted by molar-refractivity contribution is 8.00. The normalized spacial score (nSPS) is 22.7. The number of fused-ring (bicyclic) bond motifs is 1. The number of hydrogen-bond acceptors (Lipinski definition) is 9. The third-order valence-electron chi connectivity index (χ3n) is 4.82. The molecule has 2 aliphatic heterocycles. The summed E-state index contributed by atoms with van der Waals surface area (Å²) in [5, 5.41) is 1.20. The van der Waals surface area contributed by atoms with Crippen LogP contribution in [0.1, 0.15) is 20.3 Å². The Morgan fingerprint density at radius 3 is 2.22 bits per heavy atom. The van der Waals surface area contributed by atoms with Gasteiger partial charge >= 0.3 is 17.9 Å². The van der Waals surface area contributed by atoms with E-state index in [1.165, 1.54) is 18.7 Å². The Balaban J connectivity index is 2.46. The number of carbonyl (C=O) groups excluding carboxylic acids is 5. The molecule has 2 amide bonds. The van der Waals surface area contributed by atoms with E-state index in [-0.39, 0.29) is 12.1 Å². The summed E-state index contributed by atoms with van der Waals surface area (Å²) in [5.41, 5.74) is 0.178. The molecule has 2 rings (SSSR count). The summed E-state index contributed by atoms with van der Waals surface area (Å²) >= 11 is 18.5. The lowest BCUT2D eigenvalue weighted by atomic mass is 9.95. The zero-order chi connectivity index (χ0) is 24.4. The monoisotopic (exact) mass is 530 g/mol. The number of nitrogens with zero attached hydrogens (tertiary/aromatic N) is 1. The van der Waals surface area contributed by atoms with E-state index in [9.17, 15) is 24.0 Å². The highest BCUT2D eigenvalue weighted by Crippen LogP contribution is 2.47. The number of esters is 3. The molecule has 0 saturated carbocycles. The Hall–Kier alpha value is -1.69. The van der Waals surface area contributed by atoms with Crippen molar-refractivity contribution in [2.24, 2.45) is 5.92 Å². The number of thioether (sulfide) groups is 1. The molecule has 0 spiro atoms. The summed E-state index contributed by atoms with van der Waals surface area (Å²) in [6.45, 7) is 2.79. The van der Waals surface area contributed by atoms with Crippen molar-refractivity contribution >= 4 is 76.3 Å². The second-order valence-corrected chi connectivity index (χ2v) is 9.93. The molecule has 2 heterocycles. The molecule has 2 aliphatic rings. The lowest BCUT2D eigenvalue weighted by molar-refractivity contribution is -0.159. The Morgan fingerprint density at radius 1 is 1.19 bits per heavy atom. The van der Waals surface area contributed by atoms with Gasteiger partial charge in [0.15, 0.2) is 5.92 Å². The first-order valence-electron chi connectivity index (χ1n) is 9.17. The third kappa shape index (κ3) is 5.44. The summed E-state index contributed by atoms with van der Waals surface area (Å²) < 4.78 is 12.4. The lowest BCUT2D eigenvalue weighted by Gasteiger charge is -2.51. The van der Waals surface area contributed by atoms with Crippen LogP contribution >= 0.6 is 46.6 Å². The van der Waals surface area contributed by atoms with Crippen molar-refractivity contribution in [3.8, 4) is 0 Å². The molecule has 2 unspecified atom stereocenters. The number of nitrogens with one attached hydrogen (secondary N) is 1. The molecule has 178 valence electrons. The number of methoxy groups -OCH3 is 2. The Bertz CT molecular complexity index is 849. The number of carbonyl (C=O) groups is 5. The highest BCUT2D eigenvalue weighted by atomic mass is 35.5. The number of amides is 2. The molecule has 0 aliphatic carbocycles. The van der Waals surface area contributed by atoms with E-state index < -0.39 is 62.7 Å². The summed E-state index contributed by atoms with van der Waals surface area (Å²) in [6.07, 6.45) is -0.0969. The van der Waals surface area contributed by atoms with Gasteiger partial charge in [0.2, 0.25) is 5.91 Å². The maximum absolute atomic E-state index is 12.9. The molecule has 0 aromatic rings. The van der Waals surface area contributed by atoms with Crippen LogP contribution in [0.15, 0.2) is 11.3 Å². The summed E-state index contributed by atoms with van der Waals surface area (Å²) in [6, 6.07) is -0.921. The largest absolute Gasteiger partial charge is 0.468 e. The van der Waals surface area contributed by atoms with Gasteiger partial charge in [0, 0.05) is 12.2 Å². The number of halogens is 3. The molecule has 1 saturated heterocycles. The quantitative estimate of drug-likeness (QED) is 0.162. The zero-order valence-corrected chi connectivity index (χ0v) is 20.6. The third-order valence-corrected chi connectivity index (χ3v) is 7.52. The fourth-order valence-corrected chi connectivity index (χ4v) is 5.12. The SMILES string of the molecule is COC(=O)C(CC1S[C@@H]2C(NC(C)=O)C(=O)N2C(C(=O)OC(Cl)(Cl)CCl)=C1C)C(=O)OC. The highest BCUT2D eigenvalue weighted by Gasteiger charge is 2.56. The molecule has 0 bridgehead atoms. The van der Waals surface area contributed by atoms with Crippen molar-refractivity contribution in [1.82, 2.24) is 10.2 Å². The standard InChI is InChI=1S/C18H21Cl3N2O8S/c1-7-10(5-9(15(26)29-3)16(27)30-4)32-14-11(22-8(2)24)13(25)23(14)12(7)17(28)31-18(20,21)6-19/h9-11,14H,5-6H2,1-4H3,(H,22,24)/t10?,11?,14-/m1/s1. The van der Waals surface area contributed by atoms with E-state index in [1.54, 1.807) is 6.92 Å². The van der Waals surface area contributed by atoms with Gasteiger partial charge in [-0.1, -0.05) is 23.2 Å². The van der Waals surface area contributed by atoms with Crippen LogP contribution in [0.4, 0.5) is 0 Å². The van der Waals surface area contributed by atoms with E-state index in [2.05, 4.69) is 5.32 Å². The van der Waals surface area contributed by atoms with E-state index in [1.807, 2.05) is 0 Å². The van der Waals surface area contributed by atoms with Crippen LogP contribution in [-0.2, 0) is 38.2 Å². The molecule has 0 aromatic heterocycles. The van der Waals surface area contributed by atoms with Crippen molar-refractivity contribution in [2.75, 3.05) is 20.1 Å². The first kappa shape index (κ1) is 26.6. The predicted octanol–water partition coefficient (Wildman–Crippen LogP) is 1.31. The minimum atomic E-state index is -2.05. The number of ether oxygens (including phenoxy) is 3. The van der Waals surface area contributed by atoms with Crippen LogP contribution in [0.25, 0.3) is 0 Å². The molecular weight excluding hydrogens is 511 g/mol. The first-order chi connectivity index (χ1) is 14.9. The van der Waals surface area contributed by atoms with Crippen LogP contribution in [0.3, 0.4) is 0 Å². The number of β-lactam (4-membered cyclic amide) rings is 1. The van der Waals surface area contributed by atoms with Gasteiger partial charge in [-0.05, 0) is 18.9 Å². The van der Waals surface area contributed by atoms with E-state index in [0.717, 1.165) is 19.1 Å². The van der Waals surface area contributed by atoms with Gasteiger partial charge in [-0.15, -0.1) is 23.4 Å². The number of hydrogen-bond donors (Lipinski definition) is 1. The second kappa shape index (κ2) is 10.5. The minimum Gasteiger partial charge on any atom is -0.468 e. The molecule has 0 aromatic carbocycles. The molecular formula is C18H21Cl3N2O8S. The summed E-state index contributed by atoms with van der Waals surface area (Å²) in [5.74, 6) is -5.36. The van der Waals surface area contributed by atoms with Crippen molar-refractivity contribution in [1.29, 1.82) is 0 Å². The summed E-state index contributed by atoms with van der Waals surface area (Å²) in [4.78, 5) is 62.5. The lowest BCUT2D eigenvalue weighted by Crippen LogP contribution is -2.71. The zero-order valence-electron chi connectivity index (χ0n) is 17.5. The van der Waals surface area contributed by atoms with Crippen LogP contribution in [0.2, 0.25) is 0 Å². The molecule has 3 atom stereocenters. The average molecular weight is 532 g/mol. The van der Waals surface area contributed by atoms with Gasteiger partial charge in [0.1, 0.15) is 17.1 Å². The Kier molecular flexibility index (Phi) is 8.71. The van der Waals surface area contributed by atoms with Crippen LogP contribution < -0.4 is 5.32 Å². The molecule has 32 heavy (non-hydrogen) atoms. The number of alkyl halides is 3. The van der Waals surface area contributed by atoms with Gasteiger partial charge < -0.3 is 19.5 Å². The van der Waals surface area contributed by atoms with Crippen molar-refractivity contribution < 1.29 is 38.2 Å². The van der Waals surface area contributed by atoms with E-state index >= 15 is 0 Å². The first-order valence-corrected chi connectivity index (χ1v) is 11.4. The molecule has 10 nitrogen and oxygen atoms in total. The van der Waals surface area contributed by atoms with E-state index in [4.69, 9.17) is 49.0 Å². The van der Waals surface area contributed by atoms with Gasteiger partial charge in [-0.2, -0.15) is 0 Å². The average Bonchev–Trinajstić information content (AvgIpc) is 2.74. The van der Waals surface area contributed by atoms with Crippen LogP contribution in [0.5, 0.6) is 0 Å². The van der Waals surface area contributed by atoms with Gasteiger partial charge in [-0.3, -0.25) is 24.1 Å². The molecule has 14 heteroatoms. The molecule has 0 radical (unpaired) electrons. The van der Waals surface area contributed by atoms with Gasteiger partial charge in [-0.25, -0.2) is 4.79 Å².